The van der Waals surface area contributed by atoms with E-state index in [-0.39, 0.29) is 40.7 Å². The quantitative estimate of drug-likeness (QED) is 0.223. The molecule has 0 unspecified atom stereocenters. The predicted molar refractivity (Wildman–Crippen MR) is 152 cm³/mol. The summed E-state index contributed by atoms with van der Waals surface area (Å²) in [6.45, 7) is 7.93. The third-order valence-corrected chi connectivity index (χ3v) is 6.54. The lowest BCUT2D eigenvalue weighted by molar-refractivity contribution is -0.142. The maximum absolute atomic E-state index is 13.8. The van der Waals surface area contributed by atoms with Gasteiger partial charge in [-0.3, -0.25) is 4.79 Å². The van der Waals surface area contributed by atoms with Crippen LogP contribution in [0.4, 0.5) is 17.1 Å². The number of anilines is 3. The minimum atomic E-state index is -0.858. The van der Waals surface area contributed by atoms with Crippen LogP contribution < -0.4 is 15.7 Å². The van der Waals surface area contributed by atoms with Crippen molar-refractivity contribution >= 4 is 28.9 Å². The van der Waals surface area contributed by atoms with Crippen LogP contribution in [0, 0.1) is 0 Å². The van der Waals surface area contributed by atoms with Crippen molar-refractivity contribution in [1.29, 1.82) is 0 Å². The van der Waals surface area contributed by atoms with E-state index < -0.39 is 24.2 Å². The standard InChI is InChI=1S/C30H37N3O6/c1-19(2)8-5-9-20(3)10-6-11-21(4)14-15-32-24-16-22(34)17-26(36)29(24)33(18-27(37)39-31)28-23(30(32)38)12-7-13-25(28)35/h7-8,10,12-14,16-17,34-36H,5-6,9,11,15,18,31H2,1-4H3. The largest absolute Gasteiger partial charge is 0.508 e. The highest BCUT2D eigenvalue weighted by Crippen LogP contribution is 2.49. The SMILES string of the molecule is CC(C)=CCCC(C)=CCCC(C)=CCN1C(=O)c2cccc(O)c2N(CC(=O)ON)c2c(O)cc(O)cc21. The Labute approximate surface area is 229 Å². The highest BCUT2D eigenvalue weighted by molar-refractivity contribution is 6.16. The van der Waals surface area contributed by atoms with E-state index in [1.807, 2.05) is 13.0 Å². The zero-order valence-corrected chi connectivity index (χ0v) is 22.9. The van der Waals surface area contributed by atoms with Crippen LogP contribution >= 0.6 is 0 Å². The zero-order valence-electron chi connectivity index (χ0n) is 22.9. The van der Waals surface area contributed by atoms with E-state index in [1.165, 1.54) is 45.2 Å². The Morgan fingerprint density at radius 1 is 0.897 bits per heavy atom. The molecule has 9 heteroatoms. The zero-order chi connectivity index (χ0) is 28.7. The van der Waals surface area contributed by atoms with Gasteiger partial charge in [-0.15, -0.1) is 0 Å². The van der Waals surface area contributed by atoms with Crippen molar-refractivity contribution in [2.24, 2.45) is 5.90 Å². The van der Waals surface area contributed by atoms with E-state index in [4.69, 9.17) is 5.90 Å². The molecule has 0 atom stereocenters. The third kappa shape index (κ3) is 7.20. The Bertz CT molecular complexity index is 1320. The summed E-state index contributed by atoms with van der Waals surface area (Å²) >= 11 is 0. The molecular formula is C30H37N3O6. The Balaban J connectivity index is 1.95. The first-order chi connectivity index (χ1) is 18.5. The van der Waals surface area contributed by atoms with Crippen molar-refractivity contribution in [3.8, 4) is 17.2 Å². The van der Waals surface area contributed by atoms with Crippen molar-refractivity contribution in [1.82, 2.24) is 0 Å². The number of para-hydroxylation sites is 1. The van der Waals surface area contributed by atoms with Gasteiger partial charge in [-0.05, 0) is 65.5 Å². The van der Waals surface area contributed by atoms with Crippen LogP contribution in [0.1, 0.15) is 63.7 Å². The number of aromatic hydroxyl groups is 3. The molecule has 3 rings (SSSR count). The number of benzene rings is 2. The van der Waals surface area contributed by atoms with E-state index in [1.54, 1.807) is 0 Å². The lowest BCUT2D eigenvalue weighted by Gasteiger charge is -2.27. The molecule has 2 aromatic carbocycles. The second-order valence-corrected chi connectivity index (χ2v) is 9.96. The Morgan fingerprint density at radius 2 is 1.56 bits per heavy atom. The van der Waals surface area contributed by atoms with Crippen LogP contribution in [-0.4, -0.2) is 40.3 Å². The van der Waals surface area contributed by atoms with Crippen LogP contribution in [-0.2, 0) is 9.63 Å². The molecule has 208 valence electrons. The molecule has 9 nitrogen and oxygen atoms in total. The second kappa shape index (κ2) is 13.0. The lowest BCUT2D eigenvalue weighted by Crippen LogP contribution is -2.30. The molecule has 39 heavy (non-hydrogen) atoms. The smallest absolute Gasteiger partial charge is 0.344 e. The van der Waals surface area contributed by atoms with Crippen LogP contribution in [0.5, 0.6) is 17.2 Å². The number of carbonyl (C=O) groups excluding carboxylic acids is 2. The van der Waals surface area contributed by atoms with Crippen molar-refractivity contribution in [3.05, 3.63) is 70.8 Å². The van der Waals surface area contributed by atoms with E-state index in [2.05, 4.69) is 37.8 Å². The first-order valence-electron chi connectivity index (χ1n) is 12.8. The number of phenols is 3. The Kier molecular flexibility index (Phi) is 9.78. The summed E-state index contributed by atoms with van der Waals surface area (Å²) in [6.07, 6.45) is 10.1. The van der Waals surface area contributed by atoms with Crippen molar-refractivity contribution in [2.75, 3.05) is 22.9 Å². The number of allylic oxidation sites excluding steroid dienone is 5. The molecule has 0 saturated carbocycles. The van der Waals surface area contributed by atoms with Gasteiger partial charge in [0, 0.05) is 18.7 Å². The topological polar surface area (TPSA) is 137 Å². The first kappa shape index (κ1) is 29.3. The number of hydrogen-bond donors (Lipinski definition) is 4. The molecule has 0 saturated heterocycles. The fraction of sp³-hybridized carbons (Fsp3) is 0.333. The summed E-state index contributed by atoms with van der Waals surface area (Å²) in [5.41, 5.74) is 4.04. The van der Waals surface area contributed by atoms with Gasteiger partial charge in [0.1, 0.15) is 29.5 Å². The van der Waals surface area contributed by atoms with E-state index in [0.717, 1.165) is 37.3 Å². The Hall–Kier alpha value is -4.24. The van der Waals surface area contributed by atoms with E-state index >= 15 is 0 Å². The molecule has 0 fully saturated rings. The highest BCUT2D eigenvalue weighted by Gasteiger charge is 2.35. The molecule has 0 radical (unpaired) electrons. The minimum Gasteiger partial charge on any atom is -0.508 e. The summed E-state index contributed by atoms with van der Waals surface area (Å²) in [4.78, 5) is 33.0. The van der Waals surface area contributed by atoms with Gasteiger partial charge in [-0.1, -0.05) is 41.0 Å². The monoisotopic (exact) mass is 535 g/mol. The van der Waals surface area contributed by atoms with Gasteiger partial charge in [-0.25, -0.2) is 4.79 Å². The van der Waals surface area contributed by atoms with Gasteiger partial charge in [0.15, 0.2) is 0 Å². The predicted octanol–water partition coefficient (Wildman–Crippen LogP) is 5.74. The molecule has 0 spiro atoms. The molecule has 1 amide bonds. The Morgan fingerprint density at radius 3 is 2.23 bits per heavy atom. The van der Waals surface area contributed by atoms with Crippen LogP contribution in [0.2, 0.25) is 0 Å². The van der Waals surface area contributed by atoms with Crippen molar-refractivity contribution < 1.29 is 29.7 Å². The first-order valence-corrected chi connectivity index (χ1v) is 12.8. The lowest BCUT2D eigenvalue weighted by atomic mass is 10.1. The number of amides is 1. The molecule has 2 aromatic rings. The van der Waals surface area contributed by atoms with Crippen LogP contribution in [0.25, 0.3) is 0 Å². The maximum Gasteiger partial charge on any atom is 0.344 e. The summed E-state index contributed by atoms with van der Waals surface area (Å²) in [6, 6.07) is 6.84. The average molecular weight is 536 g/mol. The number of phenolic OH excluding ortho intramolecular Hbond substituents is 3. The fourth-order valence-corrected chi connectivity index (χ4v) is 4.52. The van der Waals surface area contributed by atoms with Crippen molar-refractivity contribution in [2.45, 2.75) is 53.4 Å². The summed E-state index contributed by atoms with van der Waals surface area (Å²) in [7, 11) is 0. The molecule has 1 aliphatic heterocycles. The minimum absolute atomic E-state index is 0.0204. The van der Waals surface area contributed by atoms with Gasteiger partial charge in [0.2, 0.25) is 0 Å². The number of nitrogens with zero attached hydrogens (tertiary/aromatic N) is 2. The number of carbonyl (C=O) groups is 2. The summed E-state index contributed by atoms with van der Waals surface area (Å²) in [5.74, 6) is 2.80. The number of hydrogen-bond acceptors (Lipinski definition) is 8. The number of rotatable bonds is 10. The molecule has 1 heterocycles. The maximum atomic E-state index is 13.8. The third-order valence-electron chi connectivity index (χ3n) is 6.54. The fourth-order valence-electron chi connectivity index (χ4n) is 4.52. The molecule has 1 aliphatic rings. The van der Waals surface area contributed by atoms with Crippen molar-refractivity contribution in [3.63, 3.8) is 0 Å². The molecular weight excluding hydrogens is 498 g/mol. The van der Waals surface area contributed by atoms with Gasteiger partial charge in [0.25, 0.3) is 5.91 Å². The van der Waals surface area contributed by atoms with Crippen LogP contribution in [0.15, 0.2) is 65.3 Å². The average Bonchev–Trinajstić information content (AvgIpc) is 2.96. The molecule has 0 aromatic heterocycles. The van der Waals surface area contributed by atoms with Crippen LogP contribution in [0.3, 0.4) is 0 Å². The van der Waals surface area contributed by atoms with Gasteiger partial charge in [0.05, 0.1) is 16.9 Å². The number of nitrogens with two attached hydrogens (primary N) is 1. The van der Waals surface area contributed by atoms with E-state index in [0.29, 0.717) is 0 Å². The summed E-state index contributed by atoms with van der Waals surface area (Å²) in [5, 5.41) is 31.8. The number of fused-ring (bicyclic) bond motifs is 2. The molecule has 0 bridgehead atoms. The normalized spacial score (nSPS) is 13.5. The van der Waals surface area contributed by atoms with E-state index in [9.17, 15) is 24.9 Å². The van der Waals surface area contributed by atoms with Gasteiger partial charge < -0.3 is 30.0 Å². The molecule has 0 aliphatic carbocycles. The second-order valence-electron chi connectivity index (χ2n) is 9.96. The van der Waals surface area contributed by atoms with Gasteiger partial charge >= 0.3 is 5.97 Å². The van der Waals surface area contributed by atoms with Gasteiger partial charge in [-0.2, -0.15) is 5.90 Å². The molecule has 5 N–H and O–H groups in total. The highest BCUT2D eigenvalue weighted by atomic mass is 16.7. The summed E-state index contributed by atoms with van der Waals surface area (Å²) < 4.78 is 0.